The van der Waals surface area contributed by atoms with Gasteiger partial charge in [-0.25, -0.2) is 28.8 Å². The number of carbonyl (C=O) groups is 6. The average molecular weight is 1550 g/mol. The number of ether oxygens (including phenoxy) is 13. The predicted molar refractivity (Wildman–Crippen MR) is 404 cm³/mol. The Bertz CT molecular complexity index is 3710. The van der Waals surface area contributed by atoms with E-state index in [4.69, 9.17) is 71.8 Å². The van der Waals surface area contributed by atoms with Crippen molar-refractivity contribution in [3.8, 4) is 0 Å². The lowest BCUT2D eigenvalue weighted by Gasteiger charge is -2.32. The summed E-state index contributed by atoms with van der Waals surface area (Å²) < 4.78 is 72.7. The number of hydrogen-bond acceptors (Lipinski definition) is 21. The lowest BCUT2D eigenvalue weighted by Crippen LogP contribution is -2.35. The van der Waals surface area contributed by atoms with Gasteiger partial charge in [0.2, 0.25) is 0 Å². The molecule has 24 aliphatic rings. The topological polar surface area (TPSA) is 283 Å². The van der Waals surface area contributed by atoms with Crippen molar-refractivity contribution >= 4 is 35.8 Å². The first-order valence-corrected chi connectivity index (χ1v) is 43.9. The van der Waals surface area contributed by atoms with Gasteiger partial charge in [0.1, 0.15) is 24.9 Å². The fraction of sp³-hybridized carbons (Fsp3) is 0.802. The molecule has 2 N–H and O–H groups in total. The third-order valence-electron chi connectivity index (χ3n) is 34.0. The predicted octanol–water partition coefficient (Wildman–Crippen LogP) is 11.1. The molecule has 21 nitrogen and oxygen atoms in total. The highest BCUT2D eigenvalue weighted by Crippen LogP contribution is 2.71. The van der Waals surface area contributed by atoms with E-state index in [0.717, 1.165) is 132 Å². The molecular weight excluding hydrogens is 1430 g/mol. The molecule has 112 heavy (non-hydrogen) atoms. The van der Waals surface area contributed by atoms with Crippen LogP contribution < -0.4 is 0 Å². The maximum atomic E-state index is 11.9. The van der Waals surface area contributed by atoms with Crippen LogP contribution in [0.2, 0.25) is 0 Å². The van der Waals surface area contributed by atoms with Crippen molar-refractivity contribution in [3.63, 3.8) is 0 Å². The van der Waals surface area contributed by atoms with Gasteiger partial charge in [-0.1, -0.05) is 46.4 Å². The molecule has 0 aromatic heterocycles. The highest BCUT2D eigenvalue weighted by Gasteiger charge is 2.73. The van der Waals surface area contributed by atoms with Crippen LogP contribution in [0.5, 0.6) is 0 Å². The molecule has 0 aromatic rings. The zero-order valence-corrected chi connectivity index (χ0v) is 66.2. The molecule has 6 saturated heterocycles. The third-order valence-corrected chi connectivity index (χ3v) is 34.0. The van der Waals surface area contributed by atoms with E-state index in [1.165, 1.54) is 96.3 Å². The molecule has 0 radical (unpaired) electrons. The van der Waals surface area contributed by atoms with Crippen molar-refractivity contribution in [2.75, 3.05) is 39.6 Å². The molecule has 42 unspecified atom stereocenters. The molecule has 42 atom stereocenters. The molecule has 24 fully saturated rings. The van der Waals surface area contributed by atoms with Gasteiger partial charge in [0.15, 0.2) is 0 Å². The van der Waals surface area contributed by atoms with Crippen LogP contribution in [0.4, 0.5) is 0 Å². The quantitative estimate of drug-likeness (QED) is 0.0335. The van der Waals surface area contributed by atoms with Crippen molar-refractivity contribution in [1.29, 1.82) is 0 Å². The number of hydrogen-bond donors (Lipinski definition) is 2. The van der Waals surface area contributed by atoms with Gasteiger partial charge < -0.3 is 71.8 Å². The molecule has 0 amide bonds. The fourth-order valence-electron chi connectivity index (χ4n) is 29.3. The highest BCUT2D eigenvalue weighted by atomic mass is 16.6. The molecule has 18 aliphatic carbocycles. The van der Waals surface area contributed by atoms with Gasteiger partial charge in [-0.05, 0) is 285 Å². The fourth-order valence-corrected chi connectivity index (χ4v) is 29.3. The number of aliphatic hydroxyl groups excluding tert-OH is 2. The van der Waals surface area contributed by atoms with Gasteiger partial charge >= 0.3 is 35.8 Å². The minimum absolute atomic E-state index is 0.0231. The second-order valence-corrected chi connectivity index (χ2v) is 39.6. The first kappa shape index (κ1) is 76.9. The maximum absolute atomic E-state index is 11.9. The van der Waals surface area contributed by atoms with Gasteiger partial charge in [-0.15, -0.1) is 0 Å². The minimum Gasteiger partial charge on any atom is -0.462 e. The third kappa shape index (κ3) is 14.0. The van der Waals surface area contributed by atoms with E-state index < -0.39 is 5.97 Å². The van der Waals surface area contributed by atoms with Crippen LogP contribution in [0.3, 0.4) is 0 Å². The van der Waals surface area contributed by atoms with Crippen molar-refractivity contribution in [3.05, 3.63) is 72.9 Å². The summed E-state index contributed by atoms with van der Waals surface area (Å²) in [5.74, 6) is 17.9. The van der Waals surface area contributed by atoms with Gasteiger partial charge in [0.25, 0.3) is 0 Å². The standard InChI is InChI=1S/C16H22O4.C16H22O3.C15H20O4.2C15H20O3.C14H18O4/c1-8(2)16(17)19-4-3-18-12-6-9-5-11(12)14-10(9)7-13-15(14)20-13;1-8(2)16(17)18-4-3-9-5-10-6-11(9)14-12(10)7-13-15(14)19-13;1-7(2-3-16)15(17)19-11-5-8-4-10(11)13-9(8)6-12-14(13)18-12;1-7(2)15(16)17-6-9-3-8-4-10(9)13-11(8)5-12-14(13)18-12;1-3-7(2)15(16)18-11-5-8-4-10(11)13-9(8)6-12-14(13)17-12;1-6(5-15)14(16)18-10-3-7-2-9(10)12-8(7)4-11-13(12)17-11/h9-15H,1,3-7H2,2H3;9-15H,1,3-7H2,2H3;8-14,16H,1-6H2;8-14H,1,3-6H2,2H3;8-14H,2-6H2,1H3;7-13,15H,1-5H2. The molecule has 0 spiro atoms. The molecule has 24 rings (SSSR count). The zero-order valence-electron chi connectivity index (χ0n) is 66.2. The lowest BCUT2D eigenvalue weighted by atomic mass is 9.74. The summed E-state index contributed by atoms with van der Waals surface area (Å²) >= 11 is 0. The summed E-state index contributed by atoms with van der Waals surface area (Å²) in [7, 11) is 0. The Balaban J connectivity index is 0.0000000906. The molecule has 6 aliphatic heterocycles. The molecule has 18 saturated carbocycles. The highest BCUT2D eigenvalue weighted by molar-refractivity contribution is 5.89. The van der Waals surface area contributed by atoms with E-state index in [1.807, 2.05) is 6.92 Å². The normalized spacial score (nSPS) is 49.4. The molecule has 21 heteroatoms. The number of aliphatic hydroxyl groups is 2. The van der Waals surface area contributed by atoms with Gasteiger partial charge in [-0.2, -0.15) is 0 Å². The van der Waals surface area contributed by atoms with Crippen LogP contribution in [0.1, 0.15) is 163 Å². The molecule has 612 valence electrons. The smallest absolute Gasteiger partial charge is 0.336 e. The average Bonchev–Trinajstić information content (AvgIpc) is 1.59. The lowest BCUT2D eigenvalue weighted by molar-refractivity contribution is -0.150. The van der Waals surface area contributed by atoms with Crippen LogP contribution in [-0.4, -0.2) is 183 Å². The zero-order chi connectivity index (χ0) is 77.5. The van der Waals surface area contributed by atoms with Crippen LogP contribution >= 0.6 is 0 Å². The monoisotopic (exact) mass is 1550 g/mol. The molecule has 12 bridgehead atoms. The number of fused-ring (bicyclic) bond motifs is 42. The second-order valence-electron chi connectivity index (χ2n) is 39.6. The molecule has 0 aromatic carbocycles. The maximum Gasteiger partial charge on any atom is 0.336 e. The van der Waals surface area contributed by atoms with Crippen LogP contribution in [0.15, 0.2) is 72.9 Å². The Morgan fingerprint density at radius 3 is 1.02 bits per heavy atom. The van der Waals surface area contributed by atoms with Crippen LogP contribution in [-0.2, 0) is 90.3 Å². The summed E-state index contributed by atoms with van der Waals surface area (Å²) in [6, 6.07) is 0. The SMILES string of the molecule is C=C(C)C(=O)OCC1CC2CC1C1C2CC2OC21.C=C(C)C(=O)OCCC1CC2CC1C1C2CC2OC21.C=C(C)C(=O)OCCOC1CC2CC1C1C2CC2OC21.C=C(CC)C(=O)OC1CC2CC1C1C2CC2OC21.C=C(CCO)C(=O)OC1CC2CC1C1C2CC2OC21.C=C(CO)C(=O)OC1CC2CC1C1C2CC2OC21. The first-order valence-electron chi connectivity index (χ1n) is 43.9. The van der Waals surface area contributed by atoms with Crippen LogP contribution in [0, 0.1) is 154 Å². The number of esters is 6. The number of carbonyl (C=O) groups excluding carboxylic acids is 6. The summed E-state index contributed by atoms with van der Waals surface area (Å²) in [6.45, 7) is 30.4. The van der Waals surface area contributed by atoms with Crippen molar-refractivity contribution in [2.45, 2.75) is 260 Å². The summed E-state index contributed by atoms with van der Waals surface area (Å²) in [4.78, 5) is 69.5. The molecule has 6 heterocycles. The van der Waals surface area contributed by atoms with Crippen LogP contribution in [0.25, 0.3) is 0 Å². The summed E-state index contributed by atoms with van der Waals surface area (Å²) in [5.41, 5.74) is 2.58. The Kier molecular flexibility index (Phi) is 20.6. The minimum atomic E-state index is -0.433. The summed E-state index contributed by atoms with van der Waals surface area (Å²) in [6.07, 6.45) is 31.3. The number of rotatable bonds is 22. The van der Waals surface area contributed by atoms with Gasteiger partial charge in [0.05, 0.1) is 111 Å². The van der Waals surface area contributed by atoms with E-state index in [-0.39, 0.29) is 66.9 Å². The Labute approximate surface area is 659 Å². The molecular formula is C91H122O21. The van der Waals surface area contributed by atoms with Crippen molar-refractivity contribution < 1.29 is 101 Å². The van der Waals surface area contributed by atoms with Gasteiger partial charge in [0, 0.05) is 58.6 Å². The van der Waals surface area contributed by atoms with E-state index in [2.05, 4.69) is 39.5 Å². The van der Waals surface area contributed by atoms with Gasteiger partial charge in [-0.3, -0.25) is 0 Å². The Hall–Kier alpha value is -5.10. The first-order chi connectivity index (χ1) is 54.0. The van der Waals surface area contributed by atoms with Crippen molar-refractivity contribution in [2.24, 2.45) is 154 Å². The van der Waals surface area contributed by atoms with E-state index in [1.54, 1.807) is 20.8 Å². The summed E-state index contributed by atoms with van der Waals surface area (Å²) in [5, 5.41) is 17.7. The largest absolute Gasteiger partial charge is 0.462 e. The Morgan fingerprint density at radius 2 is 0.643 bits per heavy atom. The van der Waals surface area contributed by atoms with Crippen molar-refractivity contribution in [1.82, 2.24) is 0 Å². The van der Waals surface area contributed by atoms with E-state index in [0.29, 0.717) is 194 Å². The number of epoxide rings is 6. The van der Waals surface area contributed by atoms with E-state index in [9.17, 15) is 28.8 Å². The Morgan fingerprint density at radius 1 is 0.330 bits per heavy atom. The second kappa shape index (κ2) is 30.1. The van der Waals surface area contributed by atoms with E-state index >= 15 is 0 Å².